The van der Waals surface area contributed by atoms with Crippen LogP contribution >= 0.6 is 11.6 Å². The molecule has 0 amide bonds. The number of benzene rings is 2. The Kier molecular flexibility index (Phi) is 8.21. The van der Waals surface area contributed by atoms with Crippen molar-refractivity contribution in [3.05, 3.63) is 58.9 Å². The van der Waals surface area contributed by atoms with Crippen molar-refractivity contribution in [1.82, 2.24) is 24.4 Å². The van der Waals surface area contributed by atoms with E-state index < -0.39 is 32.7 Å². The predicted octanol–water partition coefficient (Wildman–Crippen LogP) is 4.55. The van der Waals surface area contributed by atoms with Gasteiger partial charge in [-0.2, -0.15) is 13.2 Å². The van der Waals surface area contributed by atoms with Gasteiger partial charge in [0.1, 0.15) is 10.6 Å². The lowest BCUT2D eigenvalue weighted by Crippen LogP contribution is -2.44. The van der Waals surface area contributed by atoms with Crippen LogP contribution in [0.4, 0.5) is 18.9 Å². The molecule has 3 aromatic rings. The van der Waals surface area contributed by atoms with Crippen LogP contribution in [0, 0.1) is 0 Å². The first-order chi connectivity index (χ1) is 17.9. The Bertz CT molecular complexity index is 1390. The number of rotatable bonds is 8. The van der Waals surface area contributed by atoms with Crippen molar-refractivity contribution in [2.24, 2.45) is 0 Å². The maximum atomic E-state index is 13.1. The van der Waals surface area contributed by atoms with Gasteiger partial charge in [0.05, 0.1) is 16.6 Å². The number of likely N-dealkylation sites (N-methyl/N-ethyl adjacent to an activating group) is 1. The Morgan fingerprint density at radius 2 is 1.82 bits per heavy atom. The molecule has 1 atom stereocenters. The minimum Gasteiger partial charge on any atom is -0.424 e. The van der Waals surface area contributed by atoms with E-state index in [0.717, 1.165) is 44.0 Å². The first-order valence-electron chi connectivity index (χ1n) is 11.9. The fraction of sp³-hybridized carbons (Fsp3) is 0.417. The Morgan fingerprint density at radius 1 is 1.11 bits per heavy atom. The SMILES string of the molecule is CCn1c(Oc2cccc(N3CCN(C)CC3)c2)nnc1[C@@H](C)NS(=O)(=O)c1cc(C(F)(F)F)ccc1Cl. The number of hydrogen-bond acceptors (Lipinski definition) is 7. The number of hydrogen-bond donors (Lipinski definition) is 1. The number of nitrogens with zero attached hydrogens (tertiary/aromatic N) is 5. The zero-order valence-corrected chi connectivity index (χ0v) is 22.6. The minimum absolute atomic E-state index is 0.154. The fourth-order valence-electron chi connectivity index (χ4n) is 4.14. The van der Waals surface area contributed by atoms with E-state index in [-0.39, 0.29) is 16.9 Å². The smallest absolute Gasteiger partial charge is 0.416 e. The third kappa shape index (κ3) is 6.22. The van der Waals surface area contributed by atoms with E-state index >= 15 is 0 Å². The topological polar surface area (TPSA) is 92.6 Å². The van der Waals surface area contributed by atoms with E-state index in [0.29, 0.717) is 18.4 Å². The molecule has 1 N–H and O–H groups in total. The zero-order chi connectivity index (χ0) is 27.7. The van der Waals surface area contributed by atoms with Crippen molar-refractivity contribution >= 4 is 27.3 Å². The molecule has 1 saturated heterocycles. The van der Waals surface area contributed by atoms with E-state index in [1.165, 1.54) is 6.92 Å². The van der Waals surface area contributed by atoms with Crippen LogP contribution in [0.5, 0.6) is 11.8 Å². The van der Waals surface area contributed by atoms with Crippen LogP contribution in [0.25, 0.3) is 0 Å². The van der Waals surface area contributed by atoms with Crippen molar-refractivity contribution in [3.63, 3.8) is 0 Å². The highest BCUT2D eigenvalue weighted by Crippen LogP contribution is 2.34. The summed E-state index contributed by atoms with van der Waals surface area (Å²) in [6.07, 6.45) is -4.73. The number of sulfonamides is 1. The first kappa shape index (κ1) is 28.1. The van der Waals surface area contributed by atoms with Crippen molar-refractivity contribution in [2.75, 3.05) is 38.1 Å². The van der Waals surface area contributed by atoms with Gasteiger partial charge in [0.15, 0.2) is 5.82 Å². The highest BCUT2D eigenvalue weighted by atomic mass is 35.5. The molecule has 14 heteroatoms. The number of ether oxygens (including phenoxy) is 1. The van der Waals surface area contributed by atoms with Gasteiger partial charge in [-0.05, 0) is 51.2 Å². The third-order valence-electron chi connectivity index (χ3n) is 6.22. The molecule has 1 aliphatic rings. The van der Waals surface area contributed by atoms with Gasteiger partial charge in [-0.1, -0.05) is 22.8 Å². The number of anilines is 1. The molecule has 0 bridgehead atoms. The Balaban J connectivity index is 1.54. The van der Waals surface area contributed by atoms with Gasteiger partial charge < -0.3 is 14.5 Å². The number of aromatic nitrogens is 3. The molecule has 2 aromatic carbocycles. The van der Waals surface area contributed by atoms with Crippen molar-refractivity contribution in [2.45, 2.75) is 37.5 Å². The highest BCUT2D eigenvalue weighted by Gasteiger charge is 2.33. The molecule has 206 valence electrons. The van der Waals surface area contributed by atoms with Gasteiger partial charge >= 0.3 is 12.2 Å². The van der Waals surface area contributed by atoms with Gasteiger partial charge in [0, 0.05) is 44.5 Å². The van der Waals surface area contributed by atoms with Gasteiger partial charge in [-0.25, -0.2) is 13.1 Å². The van der Waals surface area contributed by atoms with Crippen LogP contribution in [0.1, 0.15) is 31.3 Å². The second kappa shape index (κ2) is 11.1. The normalized spacial score (nSPS) is 16.0. The van der Waals surface area contributed by atoms with E-state index in [2.05, 4.69) is 31.8 Å². The molecule has 0 radical (unpaired) electrons. The summed E-state index contributed by atoms with van der Waals surface area (Å²) in [5.41, 5.74) is -0.112. The monoisotopic (exact) mass is 572 g/mol. The molecule has 38 heavy (non-hydrogen) atoms. The maximum absolute atomic E-state index is 13.1. The van der Waals surface area contributed by atoms with E-state index in [1.807, 2.05) is 25.1 Å². The molecular formula is C24H28ClF3N6O3S. The van der Waals surface area contributed by atoms with Crippen LogP contribution in [0.2, 0.25) is 5.02 Å². The lowest BCUT2D eigenvalue weighted by atomic mass is 10.2. The lowest BCUT2D eigenvalue weighted by molar-refractivity contribution is -0.137. The number of halogens is 4. The molecule has 0 unspecified atom stereocenters. The predicted molar refractivity (Wildman–Crippen MR) is 137 cm³/mol. The van der Waals surface area contributed by atoms with Crippen LogP contribution < -0.4 is 14.4 Å². The number of piperazine rings is 1. The molecule has 0 aliphatic carbocycles. The first-order valence-corrected chi connectivity index (χ1v) is 13.8. The van der Waals surface area contributed by atoms with Gasteiger partial charge in [0.2, 0.25) is 10.0 Å². The summed E-state index contributed by atoms with van der Waals surface area (Å²) in [7, 11) is -2.35. The largest absolute Gasteiger partial charge is 0.424 e. The third-order valence-corrected chi connectivity index (χ3v) is 8.25. The average molecular weight is 573 g/mol. The number of nitrogens with one attached hydrogen (secondary N) is 1. The molecule has 0 spiro atoms. The fourth-order valence-corrected chi connectivity index (χ4v) is 5.87. The molecule has 9 nitrogen and oxygen atoms in total. The summed E-state index contributed by atoms with van der Waals surface area (Å²) in [5.74, 6) is 0.767. The molecule has 4 rings (SSSR count). The summed E-state index contributed by atoms with van der Waals surface area (Å²) in [6.45, 7) is 7.37. The Hall–Kier alpha value is -2.87. The second-order valence-electron chi connectivity index (χ2n) is 8.96. The zero-order valence-electron chi connectivity index (χ0n) is 21.0. The van der Waals surface area contributed by atoms with Gasteiger partial charge in [0.25, 0.3) is 0 Å². The maximum Gasteiger partial charge on any atom is 0.416 e. The van der Waals surface area contributed by atoms with Crippen molar-refractivity contribution in [3.8, 4) is 11.8 Å². The quantitative estimate of drug-likeness (QED) is 0.423. The summed E-state index contributed by atoms with van der Waals surface area (Å²) >= 11 is 5.94. The van der Waals surface area contributed by atoms with Crippen LogP contribution in [0.3, 0.4) is 0 Å². The van der Waals surface area contributed by atoms with Gasteiger partial charge in [-0.15, -0.1) is 5.10 Å². The molecule has 1 fully saturated rings. The average Bonchev–Trinajstić information content (AvgIpc) is 3.26. The molecule has 1 aliphatic heterocycles. The summed E-state index contributed by atoms with van der Waals surface area (Å²) in [4.78, 5) is 3.84. The van der Waals surface area contributed by atoms with Crippen molar-refractivity contribution in [1.29, 1.82) is 0 Å². The van der Waals surface area contributed by atoms with Crippen molar-refractivity contribution < 1.29 is 26.3 Å². The molecule has 1 aromatic heterocycles. The summed E-state index contributed by atoms with van der Waals surface area (Å²) < 4.78 is 75.3. The van der Waals surface area contributed by atoms with Gasteiger partial charge in [-0.3, -0.25) is 4.57 Å². The molecular weight excluding hydrogens is 545 g/mol. The van der Waals surface area contributed by atoms with Crippen LogP contribution in [-0.2, 0) is 22.7 Å². The van der Waals surface area contributed by atoms with Crippen LogP contribution in [-0.4, -0.2) is 61.3 Å². The lowest BCUT2D eigenvalue weighted by Gasteiger charge is -2.34. The van der Waals surface area contributed by atoms with E-state index in [1.54, 1.807) is 10.6 Å². The number of alkyl halides is 3. The highest BCUT2D eigenvalue weighted by molar-refractivity contribution is 7.89. The van der Waals surface area contributed by atoms with E-state index in [4.69, 9.17) is 16.3 Å². The summed E-state index contributed by atoms with van der Waals surface area (Å²) in [5, 5.41) is 7.84. The standard InChI is InChI=1S/C24H28ClF3N6O3S/c1-4-34-22(16(2)31-38(35,36)21-14-17(24(26,27)28)8-9-20(21)25)29-30-23(34)37-19-7-5-6-18(15-19)33-12-10-32(3)11-13-33/h5-9,14-16,31H,4,10-13H2,1-3H3/t16-/m1/s1. The van der Waals surface area contributed by atoms with E-state index in [9.17, 15) is 21.6 Å². The Labute approximate surface area is 224 Å². The van der Waals surface area contributed by atoms with Crippen LogP contribution in [0.15, 0.2) is 47.4 Å². The minimum atomic E-state index is -4.73. The summed E-state index contributed by atoms with van der Waals surface area (Å²) in [6, 6.07) is 8.91. The second-order valence-corrected chi connectivity index (χ2v) is 11.1. The Morgan fingerprint density at radius 3 is 2.47 bits per heavy atom. The molecule has 2 heterocycles. The molecule has 0 saturated carbocycles.